The number of piperidine rings is 2. The number of nitrogens with one attached hydrogen (secondary N) is 1. The van der Waals surface area contributed by atoms with E-state index in [1.807, 2.05) is 19.1 Å². The van der Waals surface area contributed by atoms with Crippen molar-refractivity contribution >= 4 is 11.6 Å². The third kappa shape index (κ3) is 3.62. The topological polar surface area (TPSA) is 35.6 Å². The smallest absolute Gasteiger partial charge is 0.251 e. The molecule has 1 aromatic rings. The van der Waals surface area contributed by atoms with E-state index in [9.17, 15) is 4.79 Å². The molecule has 1 saturated carbocycles. The third-order valence-corrected chi connectivity index (χ3v) is 7.11. The second kappa shape index (κ2) is 7.59. The Balaban J connectivity index is 1.30. The fourth-order valence-electron chi connectivity index (χ4n) is 4.94. The Hall–Kier alpha value is -1.55. The highest BCUT2D eigenvalue weighted by Gasteiger charge is 2.39. The Bertz CT molecular complexity index is 605. The lowest BCUT2D eigenvalue weighted by Gasteiger charge is -2.50. The van der Waals surface area contributed by atoms with Gasteiger partial charge in [0.05, 0.1) is 0 Å². The van der Waals surface area contributed by atoms with E-state index < -0.39 is 0 Å². The summed E-state index contributed by atoms with van der Waals surface area (Å²) in [5.74, 6) is 0.0230. The quantitative estimate of drug-likeness (QED) is 0.895. The Morgan fingerprint density at radius 1 is 1.04 bits per heavy atom. The largest absolute Gasteiger partial charge is 0.371 e. The minimum atomic E-state index is 0.0230. The fourth-order valence-corrected chi connectivity index (χ4v) is 4.94. The van der Waals surface area contributed by atoms with Crippen LogP contribution in [-0.4, -0.2) is 49.6 Å². The number of rotatable bonds is 4. The molecule has 142 valence electrons. The van der Waals surface area contributed by atoms with Crippen molar-refractivity contribution in [3.8, 4) is 0 Å². The Kier molecular flexibility index (Phi) is 5.21. The van der Waals surface area contributed by atoms with Crippen LogP contribution in [0.25, 0.3) is 0 Å². The van der Waals surface area contributed by atoms with E-state index in [2.05, 4.69) is 27.2 Å². The summed E-state index contributed by atoms with van der Waals surface area (Å²) in [6.45, 7) is 7.59. The summed E-state index contributed by atoms with van der Waals surface area (Å²) < 4.78 is 0. The fraction of sp³-hybridized carbons (Fsp3) is 0.682. The highest BCUT2D eigenvalue weighted by molar-refractivity contribution is 5.94. The molecule has 1 aromatic carbocycles. The van der Waals surface area contributed by atoms with E-state index in [4.69, 9.17) is 0 Å². The summed E-state index contributed by atoms with van der Waals surface area (Å²) >= 11 is 0. The number of hydrogen-bond acceptors (Lipinski definition) is 3. The lowest BCUT2D eigenvalue weighted by atomic mass is 9.70. The molecule has 1 spiro atoms. The van der Waals surface area contributed by atoms with Crippen LogP contribution >= 0.6 is 0 Å². The van der Waals surface area contributed by atoms with E-state index in [-0.39, 0.29) is 5.91 Å². The number of benzene rings is 1. The van der Waals surface area contributed by atoms with Crippen LogP contribution in [0.2, 0.25) is 0 Å². The van der Waals surface area contributed by atoms with Crippen molar-refractivity contribution in [2.75, 3.05) is 37.6 Å². The molecule has 4 heteroatoms. The molecular formula is C22H33N3O. The predicted molar refractivity (Wildman–Crippen MR) is 107 cm³/mol. The average molecular weight is 356 g/mol. The minimum absolute atomic E-state index is 0.0230. The SMILES string of the molecule is CCNC(=O)c1ccc(N2CCC3(CC2)CCN(C2CCC2)CC3)cc1. The van der Waals surface area contributed by atoms with E-state index in [1.165, 1.54) is 63.7 Å². The lowest BCUT2D eigenvalue weighted by Crippen LogP contribution is -2.50. The van der Waals surface area contributed by atoms with Crippen LogP contribution in [0.15, 0.2) is 24.3 Å². The van der Waals surface area contributed by atoms with Crippen LogP contribution in [-0.2, 0) is 0 Å². The van der Waals surface area contributed by atoms with Crippen LogP contribution < -0.4 is 10.2 Å². The highest BCUT2D eigenvalue weighted by atomic mass is 16.1. The third-order valence-electron chi connectivity index (χ3n) is 7.11. The normalized spacial score (nSPS) is 23.7. The number of likely N-dealkylation sites (tertiary alicyclic amines) is 1. The second-order valence-corrected chi connectivity index (χ2v) is 8.51. The van der Waals surface area contributed by atoms with Gasteiger partial charge in [0.2, 0.25) is 0 Å². The van der Waals surface area contributed by atoms with Gasteiger partial charge >= 0.3 is 0 Å². The first kappa shape index (κ1) is 17.8. The molecule has 2 aliphatic heterocycles. The zero-order chi connectivity index (χ0) is 18.0. The first-order valence-corrected chi connectivity index (χ1v) is 10.6. The second-order valence-electron chi connectivity index (χ2n) is 8.51. The summed E-state index contributed by atoms with van der Waals surface area (Å²) in [7, 11) is 0. The summed E-state index contributed by atoms with van der Waals surface area (Å²) in [5, 5.41) is 2.86. The van der Waals surface area contributed by atoms with Crippen molar-refractivity contribution in [1.29, 1.82) is 0 Å². The van der Waals surface area contributed by atoms with Gasteiger partial charge in [-0.3, -0.25) is 4.79 Å². The molecule has 0 unspecified atom stereocenters. The lowest BCUT2D eigenvalue weighted by molar-refractivity contribution is 0.0306. The van der Waals surface area contributed by atoms with E-state index in [1.54, 1.807) is 0 Å². The van der Waals surface area contributed by atoms with Gasteiger partial charge in [-0.05, 0) is 88.2 Å². The van der Waals surface area contributed by atoms with Crippen molar-refractivity contribution < 1.29 is 4.79 Å². The molecule has 2 heterocycles. The number of amides is 1. The van der Waals surface area contributed by atoms with Gasteiger partial charge in [0.25, 0.3) is 5.91 Å². The summed E-state index contributed by atoms with van der Waals surface area (Å²) in [5.41, 5.74) is 2.62. The van der Waals surface area contributed by atoms with Gasteiger partial charge in [-0.1, -0.05) is 6.42 Å². The summed E-state index contributed by atoms with van der Waals surface area (Å²) in [4.78, 5) is 17.2. The van der Waals surface area contributed by atoms with Gasteiger partial charge in [-0.25, -0.2) is 0 Å². The molecule has 0 atom stereocenters. The van der Waals surface area contributed by atoms with E-state index in [0.717, 1.165) is 24.7 Å². The standard InChI is InChI=1S/C22H33N3O/c1-2-23-21(26)18-6-8-20(9-7-18)25-16-12-22(13-17-25)10-14-24(15-11-22)19-4-3-5-19/h6-9,19H,2-5,10-17H2,1H3,(H,23,26). The summed E-state index contributed by atoms with van der Waals surface area (Å²) in [6.07, 6.45) is 9.76. The van der Waals surface area contributed by atoms with Gasteiger partial charge < -0.3 is 15.1 Å². The average Bonchev–Trinajstić information content (AvgIpc) is 2.63. The van der Waals surface area contributed by atoms with Crippen LogP contribution in [0.5, 0.6) is 0 Å². The Labute approximate surface area is 157 Å². The predicted octanol–water partition coefficient (Wildman–Crippen LogP) is 3.67. The molecule has 1 aliphatic carbocycles. The summed E-state index contributed by atoms with van der Waals surface area (Å²) in [6, 6.07) is 9.06. The van der Waals surface area contributed by atoms with Crippen LogP contribution in [0.4, 0.5) is 5.69 Å². The Morgan fingerprint density at radius 3 is 2.19 bits per heavy atom. The number of anilines is 1. The van der Waals surface area contributed by atoms with Gasteiger partial charge in [-0.2, -0.15) is 0 Å². The molecule has 4 rings (SSSR count). The zero-order valence-corrected chi connectivity index (χ0v) is 16.2. The van der Waals surface area contributed by atoms with E-state index in [0.29, 0.717) is 12.0 Å². The van der Waals surface area contributed by atoms with Crippen molar-refractivity contribution in [3.63, 3.8) is 0 Å². The first-order valence-electron chi connectivity index (χ1n) is 10.6. The van der Waals surface area contributed by atoms with Crippen LogP contribution in [0.3, 0.4) is 0 Å². The molecule has 0 aromatic heterocycles. The molecule has 3 fully saturated rings. The molecule has 0 radical (unpaired) electrons. The van der Waals surface area contributed by atoms with Gasteiger partial charge in [0, 0.05) is 36.9 Å². The number of carbonyl (C=O) groups is 1. The molecular weight excluding hydrogens is 322 g/mol. The number of hydrogen-bond donors (Lipinski definition) is 1. The minimum Gasteiger partial charge on any atom is -0.371 e. The first-order chi connectivity index (χ1) is 12.7. The molecule has 1 N–H and O–H groups in total. The monoisotopic (exact) mass is 355 g/mol. The number of carbonyl (C=O) groups excluding carboxylic acids is 1. The maximum absolute atomic E-state index is 11.9. The van der Waals surface area contributed by atoms with Gasteiger partial charge in [0.1, 0.15) is 0 Å². The highest BCUT2D eigenvalue weighted by Crippen LogP contribution is 2.43. The maximum Gasteiger partial charge on any atom is 0.251 e. The van der Waals surface area contributed by atoms with Crippen molar-refractivity contribution in [2.24, 2.45) is 5.41 Å². The maximum atomic E-state index is 11.9. The van der Waals surface area contributed by atoms with Crippen LogP contribution in [0, 0.1) is 5.41 Å². The van der Waals surface area contributed by atoms with Crippen molar-refractivity contribution in [2.45, 2.75) is 57.9 Å². The van der Waals surface area contributed by atoms with Crippen LogP contribution in [0.1, 0.15) is 62.2 Å². The van der Waals surface area contributed by atoms with Crippen molar-refractivity contribution in [1.82, 2.24) is 10.2 Å². The van der Waals surface area contributed by atoms with Gasteiger partial charge in [0.15, 0.2) is 0 Å². The van der Waals surface area contributed by atoms with Crippen molar-refractivity contribution in [3.05, 3.63) is 29.8 Å². The number of nitrogens with zero attached hydrogens (tertiary/aromatic N) is 2. The van der Waals surface area contributed by atoms with Gasteiger partial charge in [-0.15, -0.1) is 0 Å². The zero-order valence-electron chi connectivity index (χ0n) is 16.2. The molecule has 2 saturated heterocycles. The molecule has 3 aliphatic rings. The molecule has 0 bridgehead atoms. The molecule has 4 nitrogen and oxygen atoms in total. The Morgan fingerprint density at radius 2 is 1.65 bits per heavy atom. The van der Waals surface area contributed by atoms with E-state index >= 15 is 0 Å². The molecule has 26 heavy (non-hydrogen) atoms. The molecule has 1 amide bonds.